The van der Waals surface area contributed by atoms with Gasteiger partial charge in [-0.15, -0.1) is 0 Å². The molecule has 15 heavy (non-hydrogen) atoms. The number of benzene rings is 1. The standard InChI is InChI=1S/C12H15BrO2/c1-15-12(14)8-3-2-5-10-6-4-7-11(13)9-10/h4,6-7,9H,2-3,5,8H2,1H3. The first-order valence-electron chi connectivity index (χ1n) is 5.03. The number of hydrogen-bond acceptors (Lipinski definition) is 2. The van der Waals surface area contributed by atoms with Crippen molar-refractivity contribution in [3.05, 3.63) is 34.3 Å². The van der Waals surface area contributed by atoms with Gasteiger partial charge in [-0.25, -0.2) is 0 Å². The molecule has 0 N–H and O–H groups in total. The highest BCUT2D eigenvalue weighted by atomic mass is 79.9. The highest BCUT2D eigenvalue weighted by molar-refractivity contribution is 9.10. The Hall–Kier alpha value is -0.830. The molecule has 0 aliphatic carbocycles. The molecule has 0 unspecified atom stereocenters. The number of unbranched alkanes of at least 4 members (excludes halogenated alkanes) is 1. The quantitative estimate of drug-likeness (QED) is 0.606. The lowest BCUT2D eigenvalue weighted by atomic mass is 10.1. The number of ether oxygens (including phenoxy) is 1. The van der Waals surface area contributed by atoms with Crippen LogP contribution >= 0.6 is 15.9 Å². The molecule has 0 bridgehead atoms. The Labute approximate surface area is 98.8 Å². The molecule has 1 aromatic carbocycles. The van der Waals surface area contributed by atoms with Gasteiger partial charge in [0.25, 0.3) is 0 Å². The van der Waals surface area contributed by atoms with Gasteiger partial charge in [-0.05, 0) is 37.0 Å². The number of hydrogen-bond donors (Lipinski definition) is 0. The van der Waals surface area contributed by atoms with E-state index in [1.165, 1.54) is 12.7 Å². The molecule has 1 rings (SSSR count). The van der Waals surface area contributed by atoms with Crippen LogP contribution < -0.4 is 0 Å². The van der Waals surface area contributed by atoms with Gasteiger partial charge < -0.3 is 4.74 Å². The summed E-state index contributed by atoms with van der Waals surface area (Å²) in [4.78, 5) is 10.8. The zero-order chi connectivity index (χ0) is 11.1. The molecule has 3 heteroatoms. The molecule has 0 saturated carbocycles. The molecule has 0 radical (unpaired) electrons. The average molecular weight is 271 g/mol. The summed E-state index contributed by atoms with van der Waals surface area (Å²) in [5, 5.41) is 0. The fraction of sp³-hybridized carbons (Fsp3) is 0.417. The van der Waals surface area contributed by atoms with Crippen molar-refractivity contribution >= 4 is 21.9 Å². The van der Waals surface area contributed by atoms with Crippen molar-refractivity contribution in [2.75, 3.05) is 7.11 Å². The van der Waals surface area contributed by atoms with Crippen LogP contribution in [0.4, 0.5) is 0 Å². The summed E-state index contributed by atoms with van der Waals surface area (Å²) >= 11 is 3.43. The Bertz CT molecular complexity index is 323. The molecule has 1 aromatic rings. The van der Waals surface area contributed by atoms with Crippen LogP contribution in [0.15, 0.2) is 28.7 Å². The molecule has 82 valence electrons. The number of esters is 1. The van der Waals surface area contributed by atoms with Gasteiger partial charge in [-0.3, -0.25) is 4.79 Å². The summed E-state index contributed by atoms with van der Waals surface area (Å²) in [5.74, 6) is -0.121. The van der Waals surface area contributed by atoms with Crippen molar-refractivity contribution < 1.29 is 9.53 Å². The Morgan fingerprint density at radius 1 is 1.40 bits per heavy atom. The molecule has 0 aromatic heterocycles. The monoisotopic (exact) mass is 270 g/mol. The van der Waals surface area contributed by atoms with Gasteiger partial charge in [0.15, 0.2) is 0 Å². The third-order valence-electron chi connectivity index (χ3n) is 2.21. The minimum absolute atomic E-state index is 0.121. The molecular weight excluding hydrogens is 256 g/mol. The van der Waals surface area contributed by atoms with Crippen molar-refractivity contribution in [2.24, 2.45) is 0 Å². The molecule has 0 heterocycles. The largest absolute Gasteiger partial charge is 0.469 e. The van der Waals surface area contributed by atoms with Crippen molar-refractivity contribution in [3.63, 3.8) is 0 Å². The zero-order valence-corrected chi connectivity index (χ0v) is 10.4. The van der Waals surface area contributed by atoms with Crippen molar-refractivity contribution in [1.82, 2.24) is 0 Å². The minimum atomic E-state index is -0.121. The maximum absolute atomic E-state index is 10.8. The Morgan fingerprint density at radius 2 is 2.20 bits per heavy atom. The van der Waals surface area contributed by atoms with E-state index >= 15 is 0 Å². The van der Waals surface area contributed by atoms with Gasteiger partial charge >= 0.3 is 5.97 Å². The first kappa shape index (κ1) is 12.2. The predicted octanol–water partition coefficient (Wildman–Crippen LogP) is 3.33. The number of rotatable bonds is 5. The van der Waals surface area contributed by atoms with Gasteiger partial charge in [0, 0.05) is 10.9 Å². The smallest absolute Gasteiger partial charge is 0.305 e. The van der Waals surface area contributed by atoms with Crippen molar-refractivity contribution in [2.45, 2.75) is 25.7 Å². The van der Waals surface area contributed by atoms with E-state index in [-0.39, 0.29) is 5.97 Å². The van der Waals surface area contributed by atoms with Crippen LogP contribution in [0.1, 0.15) is 24.8 Å². The lowest BCUT2D eigenvalue weighted by Crippen LogP contribution is -1.99. The fourth-order valence-corrected chi connectivity index (χ4v) is 1.84. The normalized spacial score (nSPS) is 10.0. The Morgan fingerprint density at radius 3 is 2.87 bits per heavy atom. The van der Waals surface area contributed by atoms with E-state index in [2.05, 4.69) is 32.8 Å². The molecule has 0 amide bonds. The maximum Gasteiger partial charge on any atom is 0.305 e. The molecule has 0 aliphatic heterocycles. The number of halogens is 1. The summed E-state index contributed by atoms with van der Waals surface area (Å²) in [6.07, 6.45) is 3.44. The predicted molar refractivity (Wildman–Crippen MR) is 63.7 cm³/mol. The molecule has 0 fully saturated rings. The molecule has 0 saturated heterocycles. The molecule has 2 nitrogen and oxygen atoms in total. The average Bonchev–Trinajstić information content (AvgIpc) is 2.24. The zero-order valence-electron chi connectivity index (χ0n) is 8.83. The lowest BCUT2D eigenvalue weighted by molar-refractivity contribution is -0.140. The van der Waals surface area contributed by atoms with Gasteiger partial charge in [-0.2, -0.15) is 0 Å². The minimum Gasteiger partial charge on any atom is -0.469 e. The summed E-state index contributed by atoms with van der Waals surface area (Å²) in [7, 11) is 1.43. The van der Waals surface area contributed by atoms with Gasteiger partial charge in [0.05, 0.1) is 7.11 Å². The summed E-state index contributed by atoms with van der Waals surface area (Å²) in [6, 6.07) is 8.25. The molecular formula is C12H15BrO2. The van der Waals surface area contributed by atoms with E-state index in [1.807, 2.05) is 12.1 Å². The van der Waals surface area contributed by atoms with Gasteiger partial charge in [-0.1, -0.05) is 28.1 Å². The first-order valence-corrected chi connectivity index (χ1v) is 5.83. The van der Waals surface area contributed by atoms with Crippen LogP contribution in [0.3, 0.4) is 0 Å². The van der Waals surface area contributed by atoms with Crippen LogP contribution in [0, 0.1) is 0 Å². The van der Waals surface area contributed by atoms with Gasteiger partial charge in [0.1, 0.15) is 0 Å². The van der Waals surface area contributed by atoms with Crippen molar-refractivity contribution in [3.8, 4) is 0 Å². The lowest BCUT2D eigenvalue weighted by Gasteiger charge is -2.01. The van der Waals surface area contributed by atoms with Crippen LogP contribution in [-0.2, 0) is 16.0 Å². The summed E-state index contributed by atoms with van der Waals surface area (Å²) in [5.41, 5.74) is 1.30. The van der Waals surface area contributed by atoms with E-state index in [4.69, 9.17) is 0 Å². The number of aryl methyl sites for hydroxylation is 1. The van der Waals surface area contributed by atoms with E-state index in [0.717, 1.165) is 23.7 Å². The topological polar surface area (TPSA) is 26.3 Å². The maximum atomic E-state index is 10.8. The second-order valence-electron chi connectivity index (χ2n) is 3.41. The summed E-state index contributed by atoms with van der Waals surface area (Å²) < 4.78 is 5.68. The fourth-order valence-electron chi connectivity index (χ4n) is 1.39. The van der Waals surface area contributed by atoms with E-state index in [1.54, 1.807) is 0 Å². The molecule has 0 aliphatic rings. The van der Waals surface area contributed by atoms with Crippen molar-refractivity contribution in [1.29, 1.82) is 0 Å². The van der Waals surface area contributed by atoms with Crippen LogP contribution in [0.25, 0.3) is 0 Å². The van der Waals surface area contributed by atoms with Crippen LogP contribution in [0.5, 0.6) is 0 Å². The second-order valence-corrected chi connectivity index (χ2v) is 4.33. The summed E-state index contributed by atoms with van der Waals surface area (Å²) in [6.45, 7) is 0. The third kappa shape index (κ3) is 4.98. The molecule has 0 spiro atoms. The third-order valence-corrected chi connectivity index (χ3v) is 2.71. The van der Waals surface area contributed by atoms with Crippen LogP contribution in [0.2, 0.25) is 0 Å². The van der Waals surface area contributed by atoms with E-state index in [9.17, 15) is 4.79 Å². The number of methoxy groups -OCH3 is 1. The Kier molecular flexibility index (Phi) is 5.40. The first-order chi connectivity index (χ1) is 7.22. The highest BCUT2D eigenvalue weighted by Crippen LogP contribution is 2.14. The van der Waals surface area contributed by atoms with Crippen LogP contribution in [-0.4, -0.2) is 13.1 Å². The van der Waals surface area contributed by atoms with E-state index in [0.29, 0.717) is 6.42 Å². The Balaban J connectivity index is 2.23. The van der Waals surface area contributed by atoms with Gasteiger partial charge in [0.2, 0.25) is 0 Å². The number of carbonyl (C=O) groups excluding carboxylic acids is 1. The SMILES string of the molecule is COC(=O)CCCCc1cccc(Br)c1. The number of carbonyl (C=O) groups is 1. The molecule has 0 atom stereocenters. The highest BCUT2D eigenvalue weighted by Gasteiger charge is 2.00. The second kappa shape index (κ2) is 6.62. The van der Waals surface area contributed by atoms with E-state index < -0.39 is 0 Å².